The van der Waals surface area contributed by atoms with E-state index >= 15 is 0 Å². The normalized spacial score (nSPS) is 10.0. The van der Waals surface area contributed by atoms with Gasteiger partial charge in [0.05, 0.1) is 14.2 Å². The van der Waals surface area contributed by atoms with Crippen LogP contribution in [0.5, 0.6) is 11.5 Å². The summed E-state index contributed by atoms with van der Waals surface area (Å²) < 4.78 is 10.6. The summed E-state index contributed by atoms with van der Waals surface area (Å²) in [5.41, 5.74) is 2.42. The van der Waals surface area contributed by atoms with Crippen molar-refractivity contribution in [2.75, 3.05) is 14.2 Å². The van der Waals surface area contributed by atoms with Gasteiger partial charge in [0, 0.05) is 6.07 Å². The van der Waals surface area contributed by atoms with E-state index in [4.69, 9.17) is 9.47 Å². The zero-order valence-electron chi connectivity index (χ0n) is 9.39. The lowest BCUT2D eigenvalue weighted by Gasteiger charge is -2.12. The maximum absolute atomic E-state index is 5.32. The maximum atomic E-state index is 5.32. The Bertz CT molecular complexity index is 305. The van der Waals surface area contributed by atoms with Gasteiger partial charge in [-0.3, -0.25) is 0 Å². The highest BCUT2D eigenvalue weighted by atomic mass is 16.5. The van der Waals surface area contributed by atoms with Crippen molar-refractivity contribution in [1.82, 2.24) is 0 Å². The second-order valence-electron chi connectivity index (χ2n) is 3.38. The highest BCUT2D eigenvalue weighted by Crippen LogP contribution is 2.29. The van der Waals surface area contributed by atoms with Gasteiger partial charge in [0.25, 0.3) is 0 Å². The summed E-state index contributed by atoms with van der Waals surface area (Å²) in [6.07, 6.45) is 2.18. The van der Waals surface area contributed by atoms with Crippen LogP contribution in [0.4, 0.5) is 0 Å². The third-order valence-electron chi connectivity index (χ3n) is 2.32. The zero-order chi connectivity index (χ0) is 10.6. The van der Waals surface area contributed by atoms with Gasteiger partial charge in [-0.15, -0.1) is 0 Å². The fourth-order valence-electron chi connectivity index (χ4n) is 1.60. The van der Waals surface area contributed by atoms with Gasteiger partial charge in [-0.1, -0.05) is 13.3 Å². The van der Waals surface area contributed by atoms with E-state index in [1.54, 1.807) is 14.2 Å². The number of rotatable bonds is 4. The minimum absolute atomic E-state index is 0.890. The standard InChI is InChI=1S/C12H18O2/c1-5-6-10-7-9(2)11(13-3)8-12(10)14-4/h7-8H,5-6H2,1-4H3. The number of hydrogen-bond donors (Lipinski definition) is 0. The lowest BCUT2D eigenvalue weighted by atomic mass is 10.1. The molecule has 0 atom stereocenters. The van der Waals surface area contributed by atoms with Crippen molar-refractivity contribution in [3.05, 3.63) is 23.3 Å². The van der Waals surface area contributed by atoms with E-state index in [0.717, 1.165) is 29.9 Å². The molecule has 0 spiro atoms. The summed E-state index contributed by atoms with van der Waals surface area (Å²) in [7, 11) is 3.38. The zero-order valence-corrected chi connectivity index (χ0v) is 9.39. The van der Waals surface area contributed by atoms with Crippen LogP contribution in [0.15, 0.2) is 12.1 Å². The Morgan fingerprint density at radius 2 is 1.71 bits per heavy atom. The molecule has 0 aliphatic rings. The quantitative estimate of drug-likeness (QED) is 0.733. The average Bonchev–Trinajstić information content (AvgIpc) is 2.19. The summed E-state index contributed by atoms with van der Waals surface area (Å²) in [6.45, 7) is 4.22. The minimum atomic E-state index is 0.890. The first-order valence-corrected chi connectivity index (χ1v) is 4.94. The number of ether oxygens (including phenoxy) is 2. The molecule has 0 aromatic heterocycles. The molecule has 2 heteroatoms. The van der Waals surface area contributed by atoms with Crippen LogP contribution < -0.4 is 9.47 Å². The number of hydrogen-bond acceptors (Lipinski definition) is 2. The predicted molar refractivity (Wildman–Crippen MR) is 58.3 cm³/mol. The van der Waals surface area contributed by atoms with Gasteiger partial charge in [-0.25, -0.2) is 0 Å². The lowest BCUT2D eigenvalue weighted by molar-refractivity contribution is 0.389. The van der Waals surface area contributed by atoms with Crippen LogP contribution in [0.3, 0.4) is 0 Å². The van der Waals surface area contributed by atoms with Crippen LogP contribution in [0.2, 0.25) is 0 Å². The molecule has 0 radical (unpaired) electrons. The van der Waals surface area contributed by atoms with Crippen molar-refractivity contribution in [3.63, 3.8) is 0 Å². The Balaban J connectivity index is 3.10. The number of benzene rings is 1. The van der Waals surface area contributed by atoms with E-state index in [9.17, 15) is 0 Å². The molecule has 0 heterocycles. The van der Waals surface area contributed by atoms with E-state index < -0.39 is 0 Å². The van der Waals surface area contributed by atoms with E-state index in [1.165, 1.54) is 5.56 Å². The molecule has 14 heavy (non-hydrogen) atoms. The first kappa shape index (κ1) is 10.9. The van der Waals surface area contributed by atoms with E-state index in [0.29, 0.717) is 0 Å². The van der Waals surface area contributed by atoms with Crippen molar-refractivity contribution < 1.29 is 9.47 Å². The third kappa shape index (κ3) is 2.19. The van der Waals surface area contributed by atoms with Crippen LogP contribution in [-0.2, 0) is 6.42 Å². The second-order valence-corrected chi connectivity index (χ2v) is 3.38. The van der Waals surface area contributed by atoms with Gasteiger partial charge in [-0.2, -0.15) is 0 Å². The van der Waals surface area contributed by atoms with Crippen molar-refractivity contribution in [2.24, 2.45) is 0 Å². The average molecular weight is 194 g/mol. The second kappa shape index (κ2) is 4.89. The van der Waals surface area contributed by atoms with Gasteiger partial charge < -0.3 is 9.47 Å². The fraction of sp³-hybridized carbons (Fsp3) is 0.500. The van der Waals surface area contributed by atoms with Crippen molar-refractivity contribution in [2.45, 2.75) is 26.7 Å². The molecule has 0 saturated carbocycles. The van der Waals surface area contributed by atoms with Crippen molar-refractivity contribution in [1.29, 1.82) is 0 Å². The monoisotopic (exact) mass is 194 g/mol. The summed E-state index contributed by atoms with van der Waals surface area (Å²) >= 11 is 0. The Kier molecular flexibility index (Phi) is 3.81. The van der Waals surface area contributed by atoms with Crippen LogP contribution >= 0.6 is 0 Å². The van der Waals surface area contributed by atoms with Crippen molar-refractivity contribution >= 4 is 0 Å². The Labute approximate surface area is 85.8 Å². The molecule has 1 aromatic rings. The molecule has 78 valence electrons. The van der Waals surface area contributed by atoms with Gasteiger partial charge in [-0.05, 0) is 30.5 Å². The van der Waals surface area contributed by atoms with Gasteiger partial charge in [0.15, 0.2) is 0 Å². The topological polar surface area (TPSA) is 18.5 Å². The minimum Gasteiger partial charge on any atom is -0.496 e. The molecule has 0 N–H and O–H groups in total. The molecule has 2 nitrogen and oxygen atoms in total. The lowest BCUT2D eigenvalue weighted by Crippen LogP contribution is -1.95. The first-order valence-electron chi connectivity index (χ1n) is 4.94. The van der Waals surface area contributed by atoms with E-state index in [2.05, 4.69) is 19.9 Å². The Hall–Kier alpha value is -1.18. The highest BCUT2D eigenvalue weighted by molar-refractivity contribution is 5.46. The molecule has 0 bridgehead atoms. The van der Waals surface area contributed by atoms with Crippen LogP contribution in [0.25, 0.3) is 0 Å². The largest absolute Gasteiger partial charge is 0.496 e. The predicted octanol–water partition coefficient (Wildman–Crippen LogP) is 2.96. The summed E-state index contributed by atoms with van der Waals surface area (Å²) in [6, 6.07) is 4.10. The fourth-order valence-corrected chi connectivity index (χ4v) is 1.60. The van der Waals surface area contributed by atoms with Crippen LogP contribution in [0, 0.1) is 6.92 Å². The van der Waals surface area contributed by atoms with Gasteiger partial charge in [0.1, 0.15) is 11.5 Å². The van der Waals surface area contributed by atoms with Gasteiger partial charge in [0.2, 0.25) is 0 Å². The first-order chi connectivity index (χ1) is 6.72. The molecule has 0 fully saturated rings. The maximum Gasteiger partial charge on any atom is 0.125 e. The Morgan fingerprint density at radius 1 is 1.07 bits per heavy atom. The summed E-state index contributed by atoms with van der Waals surface area (Å²) in [5.74, 6) is 1.82. The molecular weight excluding hydrogens is 176 g/mol. The van der Waals surface area contributed by atoms with Crippen LogP contribution in [-0.4, -0.2) is 14.2 Å². The molecule has 0 aliphatic heterocycles. The molecule has 0 unspecified atom stereocenters. The molecule has 0 saturated heterocycles. The molecule has 1 aromatic carbocycles. The van der Waals surface area contributed by atoms with Gasteiger partial charge >= 0.3 is 0 Å². The van der Waals surface area contributed by atoms with E-state index in [1.807, 2.05) is 6.07 Å². The molecule has 0 amide bonds. The summed E-state index contributed by atoms with van der Waals surface area (Å²) in [5, 5.41) is 0. The number of methoxy groups -OCH3 is 2. The third-order valence-corrected chi connectivity index (χ3v) is 2.32. The summed E-state index contributed by atoms with van der Waals surface area (Å²) in [4.78, 5) is 0. The molecule has 1 rings (SSSR count). The Morgan fingerprint density at radius 3 is 2.21 bits per heavy atom. The highest BCUT2D eigenvalue weighted by Gasteiger charge is 2.07. The molecular formula is C12H18O2. The molecule has 0 aliphatic carbocycles. The van der Waals surface area contributed by atoms with Crippen molar-refractivity contribution in [3.8, 4) is 11.5 Å². The SMILES string of the molecule is CCCc1cc(C)c(OC)cc1OC. The van der Waals surface area contributed by atoms with E-state index in [-0.39, 0.29) is 0 Å². The smallest absolute Gasteiger partial charge is 0.125 e. The number of aryl methyl sites for hydroxylation is 2. The van der Waals surface area contributed by atoms with Crippen LogP contribution in [0.1, 0.15) is 24.5 Å².